The third-order valence-corrected chi connectivity index (χ3v) is 10.7. The Labute approximate surface area is 195 Å². The molecule has 6 heteroatoms. The third kappa shape index (κ3) is 5.83. The maximum Gasteiger partial charge on any atom is 0.308 e. The second-order valence-corrected chi connectivity index (χ2v) is 16.6. The van der Waals surface area contributed by atoms with Crippen molar-refractivity contribution in [3.63, 3.8) is 0 Å². The number of hydrogen-bond donors (Lipinski definition) is 0. The minimum Gasteiger partial charge on any atom is -0.543 e. The molecule has 0 bridgehead atoms. The van der Waals surface area contributed by atoms with E-state index in [-0.39, 0.29) is 23.5 Å². The van der Waals surface area contributed by atoms with Gasteiger partial charge in [0.2, 0.25) is 8.32 Å². The van der Waals surface area contributed by atoms with Crippen molar-refractivity contribution in [2.45, 2.75) is 104 Å². The standard InChI is InChI=1S/C26H41NO4Si/c1-18(14-23(29)30-24(2,3)4)27-22-15-20(31-32(10,11)25(5,6)7)12-13-21(22)19(17-28)16-26(27,8)9/h12-13,15-18H,14H2,1-11H3. The van der Waals surface area contributed by atoms with E-state index in [0.717, 1.165) is 23.3 Å². The van der Waals surface area contributed by atoms with E-state index in [0.29, 0.717) is 5.57 Å². The van der Waals surface area contributed by atoms with Crippen molar-refractivity contribution in [2.75, 3.05) is 4.90 Å². The molecule has 0 aliphatic carbocycles. The highest BCUT2D eigenvalue weighted by Gasteiger charge is 2.40. The summed E-state index contributed by atoms with van der Waals surface area (Å²) in [6, 6.07) is 5.80. The Balaban J connectivity index is 2.49. The molecule has 0 N–H and O–H groups in total. The number of benzene rings is 1. The molecule has 32 heavy (non-hydrogen) atoms. The first kappa shape index (κ1) is 26.2. The Morgan fingerprint density at radius 1 is 1.16 bits per heavy atom. The number of carbonyl (C=O) groups is 2. The SMILES string of the molecule is CC(CC(=O)OC(C)(C)C)N1c2cc(O[Si](C)(C)C(C)(C)C)ccc2C(C=O)=CC1(C)C. The van der Waals surface area contributed by atoms with Gasteiger partial charge < -0.3 is 14.1 Å². The number of hydrogen-bond acceptors (Lipinski definition) is 5. The van der Waals surface area contributed by atoms with Crippen LogP contribution in [0.1, 0.15) is 74.3 Å². The number of ether oxygens (including phenoxy) is 1. The van der Waals surface area contributed by atoms with E-state index in [9.17, 15) is 9.59 Å². The summed E-state index contributed by atoms with van der Waals surface area (Å²) in [5.74, 6) is 0.564. The molecule has 0 fully saturated rings. The summed E-state index contributed by atoms with van der Waals surface area (Å²) in [6.45, 7) is 22.8. The maximum atomic E-state index is 12.6. The van der Waals surface area contributed by atoms with Gasteiger partial charge in [0.25, 0.3) is 0 Å². The van der Waals surface area contributed by atoms with Crippen LogP contribution in [0.15, 0.2) is 24.3 Å². The molecule has 2 rings (SSSR count). The predicted molar refractivity (Wildman–Crippen MR) is 135 cm³/mol. The lowest BCUT2D eigenvalue weighted by molar-refractivity contribution is -0.155. The van der Waals surface area contributed by atoms with Gasteiger partial charge in [-0.3, -0.25) is 9.59 Å². The second-order valence-electron chi connectivity index (χ2n) is 11.9. The summed E-state index contributed by atoms with van der Waals surface area (Å²) >= 11 is 0. The normalized spacial score (nSPS) is 17.2. The third-order valence-electron chi connectivity index (χ3n) is 6.30. The van der Waals surface area contributed by atoms with Crippen LogP contribution in [0.5, 0.6) is 5.75 Å². The van der Waals surface area contributed by atoms with Crippen LogP contribution in [0.4, 0.5) is 5.69 Å². The van der Waals surface area contributed by atoms with Gasteiger partial charge in [0.1, 0.15) is 17.6 Å². The first-order chi connectivity index (χ1) is 14.4. The van der Waals surface area contributed by atoms with E-state index in [2.05, 4.69) is 52.6 Å². The fraction of sp³-hybridized carbons (Fsp3) is 0.615. The van der Waals surface area contributed by atoms with Gasteiger partial charge in [-0.1, -0.05) is 20.8 Å². The Kier molecular flexibility index (Phi) is 7.11. The van der Waals surface area contributed by atoms with Crippen LogP contribution in [0.25, 0.3) is 5.57 Å². The van der Waals surface area contributed by atoms with E-state index < -0.39 is 19.5 Å². The first-order valence-corrected chi connectivity index (χ1v) is 14.3. The maximum absolute atomic E-state index is 12.6. The highest BCUT2D eigenvalue weighted by molar-refractivity contribution is 6.74. The van der Waals surface area contributed by atoms with Crippen LogP contribution in [0.3, 0.4) is 0 Å². The molecule has 1 unspecified atom stereocenters. The monoisotopic (exact) mass is 459 g/mol. The van der Waals surface area contributed by atoms with Gasteiger partial charge in [0.15, 0.2) is 0 Å². The van der Waals surface area contributed by atoms with Crippen molar-refractivity contribution in [3.05, 3.63) is 29.8 Å². The molecular formula is C26H41NO4Si. The van der Waals surface area contributed by atoms with Crippen molar-refractivity contribution in [3.8, 4) is 5.75 Å². The molecule has 178 valence electrons. The number of esters is 1. The molecule has 1 aromatic carbocycles. The Hall–Kier alpha value is -2.08. The second kappa shape index (κ2) is 8.69. The summed E-state index contributed by atoms with van der Waals surface area (Å²) in [4.78, 5) is 26.7. The van der Waals surface area contributed by atoms with Gasteiger partial charge in [-0.05, 0) is 77.9 Å². The van der Waals surface area contributed by atoms with E-state index >= 15 is 0 Å². The van der Waals surface area contributed by atoms with Gasteiger partial charge in [-0.15, -0.1) is 0 Å². The van der Waals surface area contributed by atoms with Crippen LogP contribution in [0.2, 0.25) is 18.1 Å². The molecule has 1 aliphatic heterocycles. The number of aldehydes is 1. The van der Waals surface area contributed by atoms with Crippen molar-refractivity contribution >= 4 is 31.8 Å². The van der Waals surface area contributed by atoms with Crippen molar-refractivity contribution in [1.82, 2.24) is 0 Å². The summed E-state index contributed by atoms with van der Waals surface area (Å²) in [6.07, 6.45) is 3.13. The summed E-state index contributed by atoms with van der Waals surface area (Å²) in [7, 11) is -2.03. The van der Waals surface area contributed by atoms with Gasteiger partial charge >= 0.3 is 5.97 Å². The van der Waals surface area contributed by atoms with Crippen molar-refractivity contribution in [2.24, 2.45) is 0 Å². The van der Waals surface area contributed by atoms with Crippen LogP contribution in [0, 0.1) is 0 Å². The molecule has 0 spiro atoms. The van der Waals surface area contributed by atoms with Crippen LogP contribution >= 0.6 is 0 Å². The van der Waals surface area contributed by atoms with Gasteiger partial charge in [-0.25, -0.2) is 0 Å². The predicted octanol–water partition coefficient (Wildman–Crippen LogP) is 6.37. The average molecular weight is 460 g/mol. The largest absolute Gasteiger partial charge is 0.543 e. The lowest BCUT2D eigenvalue weighted by Crippen LogP contribution is -2.51. The van der Waals surface area contributed by atoms with E-state index in [1.807, 2.05) is 52.0 Å². The lowest BCUT2D eigenvalue weighted by Gasteiger charge is -2.47. The number of rotatable bonds is 6. The highest BCUT2D eigenvalue weighted by atomic mass is 28.4. The minimum absolute atomic E-state index is 0.0692. The summed E-state index contributed by atoms with van der Waals surface area (Å²) in [5, 5.41) is 0.0692. The van der Waals surface area contributed by atoms with Gasteiger partial charge in [0.05, 0.1) is 12.0 Å². The number of allylic oxidation sites excluding steroid dienone is 1. The summed E-state index contributed by atoms with van der Waals surface area (Å²) < 4.78 is 12.1. The van der Waals surface area contributed by atoms with Crippen molar-refractivity contribution in [1.29, 1.82) is 0 Å². The smallest absolute Gasteiger partial charge is 0.308 e. The molecule has 0 saturated heterocycles. The molecular weight excluding hydrogens is 418 g/mol. The van der Waals surface area contributed by atoms with Crippen molar-refractivity contribution < 1.29 is 18.8 Å². The molecule has 1 aromatic rings. The zero-order chi connectivity index (χ0) is 24.7. The van der Waals surface area contributed by atoms with E-state index in [1.165, 1.54) is 0 Å². The van der Waals surface area contributed by atoms with Crippen LogP contribution in [-0.4, -0.2) is 37.8 Å². The van der Waals surface area contributed by atoms with E-state index in [4.69, 9.17) is 9.16 Å². The van der Waals surface area contributed by atoms with Crippen LogP contribution in [-0.2, 0) is 14.3 Å². The zero-order valence-electron chi connectivity index (χ0n) is 21.8. The first-order valence-electron chi connectivity index (χ1n) is 11.4. The molecule has 0 aromatic heterocycles. The summed E-state index contributed by atoms with van der Waals surface area (Å²) in [5.41, 5.74) is 1.44. The molecule has 5 nitrogen and oxygen atoms in total. The number of carbonyl (C=O) groups excluding carboxylic acids is 2. The van der Waals surface area contributed by atoms with E-state index in [1.54, 1.807) is 0 Å². The quantitative estimate of drug-likeness (QED) is 0.281. The zero-order valence-corrected chi connectivity index (χ0v) is 22.8. The van der Waals surface area contributed by atoms with Crippen LogP contribution < -0.4 is 9.33 Å². The molecule has 0 amide bonds. The minimum atomic E-state index is -2.03. The molecule has 0 saturated carbocycles. The fourth-order valence-corrected chi connectivity index (χ4v) is 4.95. The number of fused-ring (bicyclic) bond motifs is 1. The fourth-order valence-electron chi connectivity index (χ4n) is 3.92. The number of nitrogens with zero attached hydrogens (tertiary/aromatic N) is 1. The molecule has 0 radical (unpaired) electrons. The highest BCUT2D eigenvalue weighted by Crippen LogP contribution is 2.44. The van der Waals surface area contributed by atoms with Gasteiger partial charge in [-0.2, -0.15) is 0 Å². The molecule has 1 atom stereocenters. The molecule has 1 heterocycles. The Bertz CT molecular complexity index is 903. The molecule has 1 aliphatic rings. The Morgan fingerprint density at radius 2 is 1.75 bits per heavy atom. The number of anilines is 1. The van der Waals surface area contributed by atoms with Gasteiger partial charge in [0, 0.05) is 28.9 Å². The lowest BCUT2D eigenvalue weighted by atomic mass is 9.86. The Morgan fingerprint density at radius 3 is 2.25 bits per heavy atom. The topological polar surface area (TPSA) is 55.8 Å². The average Bonchev–Trinajstić information content (AvgIpc) is 2.56.